The minimum atomic E-state index is -0.585. The summed E-state index contributed by atoms with van der Waals surface area (Å²) in [6, 6.07) is 12.9. The third-order valence-corrected chi connectivity index (χ3v) is 8.20. The minimum absolute atomic E-state index is 0.324. The van der Waals surface area contributed by atoms with Crippen LogP contribution in [0, 0.1) is 0 Å². The quantitative estimate of drug-likeness (QED) is 0.317. The van der Waals surface area contributed by atoms with E-state index in [0.717, 1.165) is 58.3 Å². The molecule has 6 heteroatoms. The fourth-order valence-electron chi connectivity index (χ4n) is 5.75. The van der Waals surface area contributed by atoms with Crippen LogP contribution in [0.4, 0.5) is 4.39 Å². The molecule has 4 fully saturated rings. The Morgan fingerprint density at radius 2 is 1.49 bits per heavy atom. The van der Waals surface area contributed by atoms with Gasteiger partial charge in [0.2, 0.25) is 12.3 Å². The zero-order valence-corrected chi connectivity index (χ0v) is 25.9. The van der Waals surface area contributed by atoms with Crippen molar-refractivity contribution >= 4 is 12.3 Å². The van der Waals surface area contributed by atoms with Gasteiger partial charge in [0, 0.05) is 43.7 Å². The molecule has 0 aromatic heterocycles. The Morgan fingerprint density at radius 1 is 0.949 bits per heavy atom. The highest BCUT2D eigenvalue weighted by atomic mass is 19.1. The molecule has 224 valence electrons. The summed E-state index contributed by atoms with van der Waals surface area (Å²) < 4.78 is 13.0. The zero-order valence-electron chi connectivity index (χ0n) is 25.9. The summed E-state index contributed by atoms with van der Waals surface area (Å²) in [6.07, 6.45) is 11.8. The van der Waals surface area contributed by atoms with E-state index in [2.05, 4.69) is 18.7 Å². The number of nitrogens with zero attached hydrogens (tertiary/aromatic N) is 3. The maximum atomic E-state index is 13.0. The first-order valence-electron chi connectivity index (χ1n) is 15.9. The number of benzene rings is 1. The van der Waals surface area contributed by atoms with E-state index < -0.39 is 6.17 Å². The normalized spacial score (nSPS) is 22.5. The molecular formula is C33H58FN3O2. The minimum Gasteiger partial charge on any atom is -0.343 e. The van der Waals surface area contributed by atoms with Gasteiger partial charge >= 0.3 is 0 Å². The summed E-state index contributed by atoms with van der Waals surface area (Å²) in [6.45, 7) is 16.3. The molecule has 0 bridgehead atoms. The number of halogens is 1. The van der Waals surface area contributed by atoms with E-state index >= 15 is 0 Å². The van der Waals surface area contributed by atoms with Gasteiger partial charge < -0.3 is 9.80 Å². The van der Waals surface area contributed by atoms with E-state index in [1.807, 2.05) is 73.9 Å². The second-order valence-corrected chi connectivity index (χ2v) is 10.7. The van der Waals surface area contributed by atoms with Gasteiger partial charge in [0.25, 0.3) is 0 Å². The number of rotatable bonds is 8. The molecule has 1 aromatic carbocycles. The molecule has 1 atom stereocenters. The standard InChI is InChI=1S/C16H29FN2O.C7H11NO.C6H6.2C2H6/c1-3-19(15-11-14(17)12-15)13(2)7-6-8-16(20)18-9-4-5-10-18;9-6-8-5-1-2-7(8)3-4-7;1-2-4-6-5-3-1;2*1-2/h13-15H,3-12H2,1-2H3;6H,1-5H2;1-6H;2*1-2H3. The van der Waals surface area contributed by atoms with Crippen LogP contribution in [0.25, 0.3) is 0 Å². The molecule has 0 radical (unpaired) electrons. The number of amides is 2. The summed E-state index contributed by atoms with van der Waals surface area (Å²) in [5.74, 6) is 0.324. The van der Waals surface area contributed by atoms with Crippen molar-refractivity contribution in [2.75, 3.05) is 26.2 Å². The lowest BCUT2D eigenvalue weighted by Gasteiger charge is -2.42. The average Bonchev–Trinajstić information content (AvgIpc) is 3.35. The summed E-state index contributed by atoms with van der Waals surface area (Å²) >= 11 is 0. The van der Waals surface area contributed by atoms with Crippen molar-refractivity contribution in [2.45, 2.75) is 136 Å². The Bertz CT molecular complexity index is 720. The molecular weight excluding hydrogens is 489 g/mol. The third kappa shape index (κ3) is 12.0. The van der Waals surface area contributed by atoms with Crippen molar-refractivity contribution in [3.05, 3.63) is 36.4 Å². The van der Waals surface area contributed by atoms with Gasteiger partial charge in [0.1, 0.15) is 6.17 Å². The highest BCUT2D eigenvalue weighted by Crippen LogP contribution is 2.48. The van der Waals surface area contributed by atoms with E-state index in [-0.39, 0.29) is 0 Å². The van der Waals surface area contributed by atoms with Gasteiger partial charge in [0.05, 0.1) is 0 Å². The predicted octanol–water partition coefficient (Wildman–Crippen LogP) is 7.50. The van der Waals surface area contributed by atoms with Crippen molar-refractivity contribution in [3.8, 4) is 0 Å². The lowest BCUT2D eigenvalue weighted by Crippen LogP contribution is -2.49. The molecule has 2 amide bonds. The largest absolute Gasteiger partial charge is 0.343 e. The first-order valence-corrected chi connectivity index (χ1v) is 15.9. The fraction of sp³-hybridized carbons (Fsp3) is 0.758. The summed E-state index contributed by atoms with van der Waals surface area (Å²) in [4.78, 5) is 28.8. The maximum absolute atomic E-state index is 13.0. The molecule has 1 unspecified atom stereocenters. The van der Waals surface area contributed by atoms with Gasteiger partial charge in [-0.1, -0.05) is 71.0 Å². The molecule has 2 saturated heterocycles. The van der Waals surface area contributed by atoms with Crippen LogP contribution in [0.3, 0.4) is 0 Å². The Balaban J connectivity index is 0.000000327. The van der Waals surface area contributed by atoms with Crippen molar-refractivity contribution < 1.29 is 14.0 Å². The van der Waals surface area contributed by atoms with E-state index in [1.54, 1.807) is 0 Å². The molecule has 2 aliphatic carbocycles. The number of hydrogen-bond donors (Lipinski definition) is 0. The molecule has 5 nitrogen and oxygen atoms in total. The summed E-state index contributed by atoms with van der Waals surface area (Å²) in [5.41, 5.74) is 0.377. The molecule has 2 aliphatic heterocycles. The molecule has 39 heavy (non-hydrogen) atoms. The second kappa shape index (κ2) is 20.0. The van der Waals surface area contributed by atoms with Crippen LogP contribution in [0.1, 0.15) is 112 Å². The Morgan fingerprint density at radius 3 is 1.90 bits per heavy atom. The Labute approximate surface area is 239 Å². The molecule has 4 aliphatic rings. The van der Waals surface area contributed by atoms with E-state index in [4.69, 9.17) is 0 Å². The molecule has 5 rings (SSSR count). The molecule has 1 spiro atoms. The smallest absolute Gasteiger partial charge is 0.222 e. The van der Waals surface area contributed by atoms with Crippen LogP contribution in [0.2, 0.25) is 0 Å². The second-order valence-electron chi connectivity index (χ2n) is 10.7. The van der Waals surface area contributed by atoms with Crippen LogP contribution in [-0.2, 0) is 9.59 Å². The third-order valence-electron chi connectivity index (χ3n) is 8.20. The monoisotopic (exact) mass is 547 g/mol. The molecule has 1 aromatic rings. The fourth-order valence-corrected chi connectivity index (χ4v) is 5.75. The predicted molar refractivity (Wildman–Crippen MR) is 163 cm³/mol. The van der Waals surface area contributed by atoms with Gasteiger partial charge in [-0.05, 0) is 77.7 Å². The summed E-state index contributed by atoms with van der Waals surface area (Å²) in [5, 5.41) is 0. The molecule has 0 N–H and O–H groups in total. The van der Waals surface area contributed by atoms with Gasteiger partial charge in [-0.2, -0.15) is 0 Å². The van der Waals surface area contributed by atoms with Gasteiger partial charge in [0.15, 0.2) is 0 Å². The van der Waals surface area contributed by atoms with Gasteiger partial charge in [-0.25, -0.2) is 4.39 Å². The SMILES string of the molecule is CC.CC.CCN(C(C)CCCC(=O)N1CCCC1)C1CC(F)C1.O=CN1CCCC12CC2.c1ccccc1. The highest BCUT2D eigenvalue weighted by molar-refractivity contribution is 5.76. The van der Waals surface area contributed by atoms with E-state index in [1.165, 1.54) is 25.7 Å². The number of carbonyl (C=O) groups excluding carboxylic acids is 2. The number of hydrogen-bond acceptors (Lipinski definition) is 3. The summed E-state index contributed by atoms with van der Waals surface area (Å²) in [7, 11) is 0. The van der Waals surface area contributed by atoms with E-state index in [0.29, 0.717) is 42.8 Å². The number of alkyl halides is 1. The first-order chi connectivity index (χ1) is 19.0. The lowest BCUT2D eigenvalue weighted by atomic mass is 9.88. The van der Waals surface area contributed by atoms with Gasteiger partial charge in [-0.15, -0.1) is 0 Å². The van der Waals surface area contributed by atoms with Crippen LogP contribution in [0.5, 0.6) is 0 Å². The molecule has 2 saturated carbocycles. The number of likely N-dealkylation sites (tertiary alicyclic amines) is 2. The maximum Gasteiger partial charge on any atom is 0.222 e. The van der Waals surface area contributed by atoms with Crippen LogP contribution >= 0.6 is 0 Å². The van der Waals surface area contributed by atoms with Crippen molar-refractivity contribution in [3.63, 3.8) is 0 Å². The molecule has 2 heterocycles. The zero-order chi connectivity index (χ0) is 29.1. The van der Waals surface area contributed by atoms with Crippen LogP contribution in [-0.4, -0.2) is 77.0 Å². The number of carbonyl (C=O) groups is 2. The first kappa shape index (κ1) is 35.1. The lowest BCUT2D eigenvalue weighted by molar-refractivity contribution is -0.130. The van der Waals surface area contributed by atoms with Crippen molar-refractivity contribution in [2.24, 2.45) is 0 Å². The van der Waals surface area contributed by atoms with Crippen molar-refractivity contribution in [1.82, 2.24) is 14.7 Å². The van der Waals surface area contributed by atoms with E-state index in [9.17, 15) is 14.0 Å². The topological polar surface area (TPSA) is 43.9 Å². The van der Waals surface area contributed by atoms with Crippen LogP contribution < -0.4 is 0 Å². The Kier molecular flexibility index (Phi) is 18.0. The van der Waals surface area contributed by atoms with Crippen LogP contribution in [0.15, 0.2) is 36.4 Å². The highest BCUT2D eigenvalue weighted by Gasteiger charge is 2.50. The average molecular weight is 548 g/mol. The van der Waals surface area contributed by atoms with Crippen molar-refractivity contribution in [1.29, 1.82) is 0 Å². The van der Waals surface area contributed by atoms with Gasteiger partial charge in [-0.3, -0.25) is 14.5 Å². The Hall–Kier alpha value is -1.95.